The van der Waals surface area contributed by atoms with Crippen LogP contribution in [0.5, 0.6) is 5.75 Å². The summed E-state index contributed by atoms with van der Waals surface area (Å²) in [5.74, 6) is 1.25. The van der Waals surface area contributed by atoms with E-state index in [9.17, 15) is 8.78 Å². The molecule has 0 heterocycles. The third-order valence-corrected chi connectivity index (χ3v) is 5.19. The van der Waals surface area contributed by atoms with E-state index < -0.39 is 13.0 Å². The maximum Gasteiger partial charge on any atom is 0.272 e. The number of guanidine groups is 1. The first-order valence-corrected chi connectivity index (χ1v) is 9.97. The molecule has 2 unspecified atom stereocenters. The molecule has 2 rings (SSSR count). The highest BCUT2D eigenvalue weighted by molar-refractivity contribution is 7.99. The lowest BCUT2D eigenvalue weighted by atomic mass is 10.2. The van der Waals surface area contributed by atoms with Gasteiger partial charge >= 0.3 is 0 Å². The molecule has 0 amide bonds. The summed E-state index contributed by atoms with van der Waals surface area (Å²) in [5, 5.41) is 7.50. The van der Waals surface area contributed by atoms with E-state index in [0.717, 1.165) is 36.2 Å². The number of hydrogen-bond donors (Lipinski definition) is 2. The summed E-state index contributed by atoms with van der Waals surface area (Å²) in [6, 6.07) is 7.61. The second kappa shape index (κ2) is 10.5. The maximum atomic E-state index is 12.2. The normalized spacial score (nSPS) is 20.8. The fraction of sp³-hybridized carbons (Fsp3) is 0.611. The molecule has 1 aliphatic rings. The van der Waals surface area contributed by atoms with Gasteiger partial charge in [0.1, 0.15) is 12.4 Å². The van der Waals surface area contributed by atoms with Gasteiger partial charge < -0.3 is 15.4 Å². The average Bonchev–Trinajstić information content (AvgIpc) is 3.06. The number of benzene rings is 1. The molecule has 0 aliphatic heterocycles. The van der Waals surface area contributed by atoms with E-state index in [1.54, 1.807) is 18.2 Å². The van der Waals surface area contributed by atoms with Crippen molar-refractivity contribution in [1.82, 2.24) is 10.6 Å². The van der Waals surface area contributed by atoms with Crippen molar-refractivity contribution in [3.8, 4) is 5.75 Å². The SMILES string of the molecule is CCNC(=NCc1cccc(OCC(F)F)c1)NC1CCC(SC)C1. The minimum absolute atomic E-state index is 0.449. The smallest absolute Gasteiger partial charge is 0.272 e. The van der Waals surface area contributed by atoms with Crippen LogP contribution in [0.3, 0.4) is 0 Å². The second-order valence-corrected chi connectivity index (χ2v) is 7.19. The standard InChI is InChI=1S/C18H27F2N3OS/c1-3-21-18(23-14-7-8-16(10-14)25-2)22-11-13-5-4-6-15(9-13)24-12-17(19)20/h4-6,9,14,16-17H,3,7-8,10-12H2,1-2H3,(H2,21,22,23). The van der Waals surface area contributed by atoms with Crippen molar-refractivity contribution in [2.24, 2.45) is 4.99 Å². The molecule has 1 aromatic rings. The van der Waals surface area contributed by atoms with Crippen molar-refractivity contribution >= 4 is 17.7 Å². The summed E-state index contributed by atoms with van der Waals surface area (Å²) < 4.78 is 29.5. The molecule has 0 aromatic heterocycles. The predicted octanol–water partition coefficient (Wildman–Crippen LogP) is 3.67. The summed E-state index contributed by atoms with van der Waals surface area (Å²) in [7, 11) is 0. The minimum atomic E-state index is -2.47. The van der Waals surface area contributed by atoms with E-state index in [1.807, 2.05) is 24.8 Å². The first-order chi connectivity index (χ1) is 12.1. The average molecular weight is 371 g/mol. The van der Waals surface area contributed by atoms with Crippen LogP contribution in [0.4, 0.5) is 8.78 Å². The molecule has 0 saturated heterocycles. The highest BCUT2D eigenvalue weighted by atomic mass is 32.2. The maximum absolute atomic E-state index is 12.2. The van der Waals surface area contributed by atoms with Gasteiger partial charge in [0.25, 0.3) is 6.43 Å². The van der Waals surface area contributed by atoms with Crippen LogP contribution in [0.25, 0.3) is 0 Å². The van der Waals surface area contributed by atoms with E-state index in [2.05, 4.69) is 21.9 Å². The Morgan fingerprint density at radius 3 is 2.92 bits per heavy atom. The van der Waals surface area contributed by atoms with E-state index in [-0.39, 0.29) is 0 Å². The molecular weight excluding hydrogens is 344 g/mol. The molecule has 0 spiro atoms. The van der Waals surface area contributed by atoms with Crippen LogP contribution < -0.4 is 15.4 Å². The Morgan fingerprint density at radius 1 is 1.40 bits per heavy atom. The number of rotatable bonds is 8. The number of nitrogens with one attached hydrogen (secondary N) is 2. The Balaban J connectivity index is 1.92. The van der Waals surface area contributed by atoms with E-state index in [1.165, 1.54) is 6.42 Å². The number of ether oxygens (including phenoxy) is 1. The Morgan fingerprint density at radius 2 is 2.24 bits per heavy atom. The molecular formula is C18H27F2N3OS. The lowest BCUT2D eigenvalue weighted by Gasteiger charge is -2.17. The number of aliphatic imine (C=N–C) groups is 1. The molecule has 1 saturated carbocycles. The fourth-order valence-corrected chi connectivity index (χ4v) is 3.66. The zero-order chi connectivity index (χ0) is 18.1. The van der Waals surface area contributed by atoms with Gasteiger partial charge in [-0.15, -0.1) is 0 Å². The van der Waals surface area contributed by atoms with Gasteiger partial charge in [0, 0.05) is 17.8 Å². The van der Waals surface area contributed by atoms with Crippen molar-refractivity contribution in [1.29, 1.82) is 0 Å². The van der Waals surface area contributed by atoms with Gasteiger partial charge in [0.05, 0.1) is 6.54 Å². The summed E-state index contributed by atoms with van der Waals surface area (Å²) in [6.07, 6.45) is 3.25. The molecule has 25 heavy (non-hydrogen) atoms. The van der Waals surface area contributed by atoms with Crippen LogP contribution in [-0.4, -0.2) is 43.1 Å². The molecule has 7 heteroatoms. The molecule has 1 aliphatic carbocycles. The first kappa shape index (κ1) is 19.8. The molecule has 0 radical (unpaired) electrons. The zero-order valence-corrected chi connectivity index (χ0v) is 15.6. The van der Waals surface area contributed by atoms with Crippen LogP contribution in [0.15, 0.2) is 29.3 Å². The van der Waals surface area contributed by atoms with Gasteiger partial charge in [-0.3, -0.25) is 0 Å². The Kier molecular flexibility index (Phi) is 8.31. The largest absolute Gasteiger partial charge is 0.488 e. The van der Waals surface area contributed by atoms with Crippen LogP contribution >= 0.6 is 11.8 Å². The topological polar surface area (TPSA) is 45.7 Å². The van der Waals surface area contributed by atoms with Gasteiger partial charge in [-0.05, 0) is 50.1 Å². The zero-order valence-electron chi connectivity index (χ0n) is 14.8. The molecule has 2 atom stereocenters. The van der Waals surface area contributed by atoms with Crippen LogP contribution in [0.1, 0.15) is 31.7 Å². The van der Waals surface area contributed by atoms with E-state index >= 15 is 0 Å². The number of thioether (sulfide) groups is 1. The van der Waals surface area contributed by atoms with Gasteiger partial charge in [-0.2, -0.15) is 11.8 Å². The Bertz CT molecular complexity index is 557. The van der Waals surface area contributed by atoms with Crippen molar-refractivity contribution in [2.45, 2.75) is 50.4 Å². The highest BCUT2D eigenvalue weighted by Crippen LogP contribution is 2.28. The lowest BCUT2D eigenvalue weighted by Crippen LogP contribution is -2.42. The van der Waals surface area contributed by atoms with Gasteiger partial charge in [-0.25, -0.2) is 13.8 Å². The molecule has 140 valence electrons. The summed E-state index contributed by atoms with van der Waals surface area (Å²) >= 11 is 1.93. The lowest BCUT2D eigenvalue weighted by molar-refractivity contribution is 0.0818. The minimum Gasteiger partial charge on any atom is -0.488 e. The number of hydrogen-bond acceptors (Lipinski definition) is 3. The van der Waals surface area contributed by atoms with Gasteiger partial charge in [0.2, 0.25) is 0 Å². The second-order valence-electron chi connectivity index (χ2n) is 6.06. The number of alkyl halides is 2. The van der Waals surface area contributed by atoms with Gasteiger partial charge in [-0.1, -0.05) is 12.1 Å². The molecule has 2 N–H and O–H groups in total. The summed E-state index contributed by atoms with van der Waals surface area (Å²) in [6.45, 7) is 2.71. The van der Waals surface area contributed by atoms with Gasteiger partial charge in [0.15, 0.2) is 5.96 Å². The Labute approximate surface area is 152 Å². The summed E-state index contributed by atoms with van der Waals surface area (Å²) in [4.78, 5) is 4.62. The Hall–Kier alpha value is -1.50. The molecule has 4 nitrogen and oxygen atoms in total. The third-order valence-electron chi connectivity index (χ3n) is 4.10. The third kappa shape index (κ3) is 7.10. The molecule has 1 aromatic carbocycles. The van der Waals surface area contributed by atoms with E-state index in [0.29, 0.717) is 18.3 Å². The molecule has 0 bridgehead atoms. The van der Waals surface area contributed by atoms with Crippen molar-refractivity contribution in [2.75, 3.05) is 19.4 Å². The molecule has 1 fully saturated rings. The van der Waals surface area contributed by atoms with Crippen LogP contribution in [0, 0.1) is 0 Å². The highest BCUT2D eigenvalue weighted by Gasteiger charge is 2.24. The summed E-state index contributed by atoms with van der Waals surface area (Å²) in [5.41, 5.74) is 0.928. The number of halogens is 2. The van der Waals surface area contributed by atoms with E-state index in [4.69, 9.17) is 4.74 Å². The monoisotopic (exact) mass is 371 g/mol. The van der Waals surface area contributed by atoms with Crippen molar-refractivity contribution in [3.05, 3.63) is 29.8 Å². The van der Waals surface area contributed by atoms with Crippen LogP contribution in [0.2, 0.25) is 0 Å². The first-order valence-electron chi connectivity index (χ1n) is 8.68. The quantitative estimate of drug-likeness (QED) is 0.541. The predicted molar refractivity (Wildman–Crippen MR) is 101 cm³/mol. The van der Waals surface area contributed by atoms with Crippen LogP contribution in [-0.2, 0) is 6.54 Å². The number of nitrogens with zero attached hydrogens (tertiary/aromatic N) is 1. The fourth-order valence-electron chi connectivity index (χ4n) is 2.86. The van der Waals surface area contributed by atoms with Crippen molar-refractivity contribution in [3.63, 3.8) is 0 Å². The van der Waals surface area contributed by atoms with Crippen molar-refractivity contribution < 1.29 is 13.5 Å².